The van der Waals surface area contributed by atoms with Gasteiger partial charge < -0.3 is 5.73 Å². The van der Waals surface area contributed by atoms with Crippen molar-refractivity contribution in [1.29, 1.82) is 0 Å². The Morgan fingerprint density at radius 3 is 2.90 bits per heavy atom. The van der Waals surface area contributed by atoms with E-state index in [9.17, 15) is 9.18 Å². The van der Waals surface area contributed by atoms with Crippen LogP contribution < -0.4 is 11.3 Å². The number of hydrogen-bond acceptors (Lipinski definition) is 5. The molecule has 0 unspecified atom stereocenters. The lowest BCUT2D eigenvalue weighted by Gasteiger charge is -2.06. The van der Waals surface area contributed by atoms with E-state index >= 15 is 0 Å². The van der Waals surface area contributed by atoms with E-state index in [1.807, 2.05) is 0 Å². The SMILES string of the molecule is Cn1ncc2c(=O)n(Cc3ccc(CN)cc3F)nnc21. The molecule has 2 N–H and O–H groups in total. The van der Waals surface area contributed by atoms with Gasteiger partial charge in [0.2, 0.25) is 0 Å². The maximum absolute atomic E-state index is 13.9. The summed E-state index contributed by atoms with van der Waals surface area (Å²) < 4.78 is 16.5. The molecule has 0 aliphatic carbocycles. The Bertz CT molecular complexity index is 869. The lowest BCUT2D eigenvalue weighted by molar-refractivity contribution is 0.554. The van der Waals surface area contributed by atoms with Gasteiger partial charge in [-0.3, -0.25) is 4.79 Å². The lowest BCUT2D eigenvalue weighted by atomic mass is 10.1. The van der Waals surface area contributed by atoms with Gasteiger partial charge in [0.05, 0.1) is 12.7 Å². The Labute approximate surface area is 118 Å². The first-order valence-electron chi connectivity index (χ1n) is 6.33. The zero-order valence-corrected chi connectivity index (χ0v) is 11.3. The van der Waals surface area contributed by atoms with Crippen molar-refractivity contribution in [2.45, 2.75) is 13.1 Å². The van der Waals surface area contributed by atoms with Gasteiger partial charge in [-0.25, -0.2) is 13.8 Å². The summed E-state index contributed by atoms with van der Waals surface area (Å²) in [7, 11) is 1.67. The summed E-state index contributed by atoms with van der Waals surface area (Å²) in [5, 5.41) is 12.1. The molecule has 0 spiro atoms. The van der Waals surface area contributed by atoms with Gasteiger partial charge in [-0.15, -0.1) is 5.10 Å². The molecular weight excluding hydrogens is 275 g/mol. The topological polar surface area (TPSA) is 91.6 Å². The predicted molar refractivity (Wildman–Crippen MR) is 74.0 cm³/mol. The molecule has 0 saturated heterocycles. The van der Waals surface area contributed by atoms with Crippen molar-refractivity contribution in [3.05, 3.63) is 51.7 Å². The Hall–Kier alpha value is -2.61. The second-order valence-corrected chi connectivity index (χ2v) is 4.69. The molecule has 21 heavy (non-hydrogen) atoms. The average Bonchev–Trinajstić information content (AvgIpc) is 2.86. The number of fused-ring (bicyclic) bond motifs is 1. The number of nitrogens with zero attached hydrogens (tertiary/aromatic N) is 5. The van der Waals surface area contributed by atoms with E-state index < -0.39 is 5.82 Å². The van der Waals surface area contributed by atoms with Gasteiger partial charge in [-0.2, -0.15) is 5.10 Å². The highest BCUT2D eigenvalue weighted by molar-refractivity contribution is 5.72. The van der Waals surface area contributed by atoms with Gasteiger partial charge >= 0.3 is 0 Å². The number of aryl methyl sites for hydroxylation is 1. The predicted octanol–water partition coefficient (Wildman–Crippen LogP) is 0.171. The van der Waals surface area contributed by atoms with Gasteiger partial charge in [-0.1, -0.05) is 17.3 Å². The molecule has 0 atom stereocenters. The number of halogens is 1. The Kier molecular flexibility index (Phi) is 3.22. The number of benzene rings is 1. The normalized spacial score (nSPS) is 11.2. The molecule has 0 aliphatic heterocycles. The minimum absolute atomic E-state index is 0.00729. The minimum Gasteiger partial charge on any atom is -0.326 e. The van der Waals surface area contributed by atoms with Crippen LogP contribution in [0.5, 0.6) is 0 Å². The number of nitrogens with two attached hydrogens (primary N) is 1. The zero-order valence-electron chi connectivity index (χ0n) is 11.3. The van der Waals surface area contributed by atoms with Crippen molar-refractivity contribution >= 4 is 11.0 Å². The highest BCUT2D eigenvalue weighted by Crippen LogP contribution is 2.11. The Balaban J connectivity index is 2.02. The van der Waals surface area contributed by atoms with Crippen LogP contribution in [0.4, 0.5) is 4.39 Å². The second kappa shape index (κ2) is 5.06. The first kappa shape index (κ1) is 13.4. The van der Waals surface area contributed by atoms with E-state index in [0.29, 0.717) is 22.2 Å². The van der Waals surface area contributed by atoms with Crippen LogP contribution in [-0.2, 0) is 20.1 Å². The zero-order chi connectivity index (χ0) is 15.0. The van der Waals surface area contributed by atoms with E-state index in [4.69, 9.17) is 5.73 Å². The van der Waals surface area contributed by atoms with Crippen LogP contribution in [0.25, 0.3) is 11.0 Å². The summed E-state index contributed by atoms with van der Waals surface area (Å²) in [6, 6.07) is 4.68. The maximum atomic E-state index is 13.9. The van der Waals surface area contributed by atoms with Crippen molar-refractivity contribution in [1.82, 2.24) is 24.8 Å². The molecule has 108 valence electrons. The summed E-state index contributed by atoms with van der Waals surface area (Å²) in [6.07, 6.45) is 1.43. The van der Waals surface area contributed by atoms with Crippen LogP contribution in [0.3, 0.4) is 0 Å². The number of rotatable bonds is 3. The van der Waals surface area contributed by atoms with E-state index in [-0.39, 0.29) is 18.6 Å². The molecule has 0 aliphatic rings. The van der Waals surface area contributed by atoms with Crippen LogP contribution in [0.2, 0.25) is 0 Å². The molecule has 8 heteroatoms. The molecule has 0 bridgehead atoms. The third kappa shape index (κ3) is 2.29. The smallest absolute Gasteiger partial charge is 0.281 e. The molecule has 2 aromatic heterocycles. The van der Waals surface area contributed by atoms with Gasteiger partial charge in [0.15, 0.2) is 5.65 Å². The highest BCUT2D eigenvalue weighted by Gasteiger charge is 2.11. The molecule has 2 heterocycles. The maximum Gasteiger partial charge on any atom is 0.281 e. The first-order chi connectivity index (χ1) is 10.1. The molecule has 3 aromatic rings. The first-order valence-corrected chi connectivity index (χ1v) is 6.33. The van der Waals surface area contributed by atoms with Crippen LogP contribution in [0.1, 0.15) is 11.1 Å². The molecule has 1 aromatic carbocycles. The number of hydrogen-bond donors (Lipinski definition) is 1. The summed E-state index contributed by atoms with van der Waals surface area (Å²) >= 11 is 0. The molecule has 0 fully saturated rings. The van der Waals surface area contributed by atoms with Gasteiger partial charge in [0, 0.05) is 19.2 Å². The quantitative estimate of drug-likeness (QED) is 0.742. The molecular formula is C13H13FN6O. The highest BCUT2D eigenvalue weighted by atomic mass is 19.1. The van der Waals surface area contributed by atoms with Gasteiger partial charge in [0.1, 0.15) is 11.2 Å². The average molecular weight is 288 g/mol. The molecule has 0 radical (unpaired) electrons. The van der Waals surface area contributed by atoms with Gasteiger partial charge in [0.25, 0.3) is 5.56 Å². The van der Waals surface area contributed by atoms with Crippen LogP contribution in [0, 0.1) is 5.82 Å². The summed E-state index contributed by atoms with van der Waals surface area (Å²) in [5.74, 6) is -0.419. The van der Waals surface area contributed by atoms with Gasteiger partial charge in [-0.05, 0) is 11.6 Å². The molecule has 7 nitrogen and oxygen atoms in total. The van der Waals surface area contributed by atoms with Crippen molar-refractivity contribution in [2.75, 3.05) is 0 Å². The fraction of sp³-hybridized carbons (Fsp3) is 0.231. The van der Waals surface area contributed by atoms with E-state index in [2.05, 4.69) is 15.4 Å². The van der Waals surface area contributed by atoms with Crippen LogP contribution in [0.15, 0.2) is 29.2 Å². The standard InChI is InChI=1S/C13H13FN6O/c1-19-12-10(6-16-19)13(21)20(18-17-12)7-9-3-2-8(5-15)4-11(9)14/h2-4,6H,5,7,15H2,1H3. The molecule has 0 amide bonds. The largest absolute Gasteiger partial charge is 0.326 e. The minimum atomic E-state index is -0.419. The lowest BCUT2D eigenvalue weighted by Crippen LogP contribution is -2.25. The van der Waals surface area contributed by atoms with Crippen LogP contribution >= 0.6 is 0 Å². The van der Waals surface area contributed by atoms with Crippen LogP contribution in [-0.4, -0.2) is 24.8 Å². The van der Waals surface area contributed by atoms with Crippen molar-refractivity contribution in [2.24, 2.45) is 12.8 Å². The molecule has 0 saturated carbocycles. The summed E-state index contributed by atoms with van der Waals surface area (Å²) in [5.41, 5.74) is 6.55. The summed E-state index contributed by atoms with van der Waals surface area (Å²) in [4.78, 5) is 12.2. The fourth-order valence-electron chi connectivity index (χ4n) is 2.09. The monoisotopic (exact) mass is 288 g/mol. The van der Waals surface area contributed by atoms with E-state index in [0.717, 1.165) is 4.68 Å². The third-order valence-corrected chi connectivity index (χ3v) is 3.29. The summed E-state index contributed by atoms with van der Waals surface area (Å²) in [6.45, 7) is 0.270. The number of aromatic nitrogens is 5. The van der Waals surface area contributed by atoms with Crippen molar-refractivity contribution in [3.63, 3.8) is 0 Å². The third-order valence-electron chi connectivity index (χ3n) is 3.29. The van der Waals surface area contributed by atoms with E-state index in [1.165, 1.54) is 16.9 Å². The second-order valence-electron chi connectivity index (χ2n) is 4.69. The fourth-order valence-corrected chi connectivity index (χ4v) is 2.09. The molecule has 3 rings (SSSR count). The van der Waals surface area contributed by atoms with Crippen molar-refractivity contribution in [3.8, 4) is 0 Å². The van der Waals surface area contributed by atoms with E-state index in [1.54, 1.807) is 19.2 Å². The Morgan fingerprint density at radius 2 is 2.19 bits per heavy atom. The van der Waals surface area contributed by atoms with Crippen molar-refractivity contribution < 1.29 is 4.39 Å². The Morgan fingerprint density at radius 1 is 1.38 bits per heavy atom.